The number of benzene rings is 2. The van der Waals surface area contributed by atoms with E-state index in [2.05, 4.69) is 57.1 Å². The zero-order valence-corrected chi connectivity index (χ0v) is 18.5. The standard InChI is InChI=1S/C22H21N5OS2/c1-14-4-7-17(8-5-14)24-20(28)21-26-25-19(30-21)13-29-22-23-10-11-27(22)18-9-6-15(2)12-16(18)3/h4-12H,13H2,1-3H3,(H,24,28). The van der Waals surface area contributed by atoms with Crippen molar-refractivity contribution in [2.45, 2.75) is 31.7 Å². The van der Waals surface area contributed by atoms with Gasteiger partial charge in [0.05, 0.1) is 11.4 Å². The summed E-state index contributed by atoms with van der Waals surface area (Å²) in [5.74, 6) is 0.349. The summed E-state index contributed by atoms with van der Waals surface area (Å²) in [7, 11) is 0. The van der Waals surface area contributed by atoms with Gasteiger partial charge in [-0.1, -0.05) is 58.5 Å². The summed E-state index contributed by atoms with van der Waals surface area (Å²) in [5, 5.41) is 13.1. The van der Waals surface area contributed by atoms with Gasteiger partial charge in [-0.3, -0.25) is 9.36 Å². The van der Waals surface area contributed by atoms with E-state index in [0.29, 0.717) is 10.8 Å². The van der Waals surface area contributed by atoms with Crippen molar-refractivity contribution in [2.24, 2.45) is 0 Å². The van der Waals surface area contributed by atoms with Crippen LogP contribution in [0, 0.1) is 20.8 Å². The summed E-state index contributed by atoms with van der Waals surface area (Å²) < 4.78 is 2.07. The van der Waals surface area contributed by atoms with E-state index in [-0.39, 0.29) is 5.91 Å². The molecule has 1 N–H and O–H groups in total. The molecule has 0 atom stereocenters. The molecule has 0 aliphatic rings. The maximum Gasteiger partial charge on any atom is 0.286 e. The topological polar surface area (TPSA) is 72.7 Å². The van der Waals surface area contributed by atoms with Crippen molar-refractivity contribution in [3.8, 4) is 5.69 Å². The van der Waals surface area contributed by atoms with Crippen LogP contribution in [0.25, 0.3) is 5.69 Å². The molecule has 2 aromatic heterocycles. The second-order valence-corrected chi connectivity index (χ2v) is 8.98. The Morgan fingerprint density at radius 1 is 1.07 bits per heavy atom. The molecule has 0 aliphatic heterocycles. The lowest BCUT2D eigenvalue weighted by Gasteiger charge is -2.10. The second kappa shape index (κ2) is 8.81. The number of hydrogen-bond acceptors (Lipinski definition) is 6. The summed E-state index contributed by atoms with van der Waals surface area (Å²) in [6.07, 6.45) is 3.75. The van der Waals surface area contributed by atoms with Gasteiger partial charge in [0.1, 0.15) is 5.01 Å². The van der Waals surface area contributed by atoms with Crippen LogP contribution in [0.15, 0.2) is 60.0 Å². The van der Waals surface area contributed by atoms with Crippen molar-refractivity contribution in [1.82, 2.24) is 19.7 Å². The van der Waals surface area contributed by atoms with Gasteiger partial charge in [0.2, 0.25) is 5.01 Å². The summed E-state index contributed by atoms with van der Waals surface area (Å²) in [6, 6.07) is 14.0. The molecule has 2 heterocycles. The van der Waals surface area contributed by atoms with Gasteiger partial charge in [0, 0.05) is 18.1 Å². The van der Waals surface area contributed by atoms with E-state index in [4.69, 9.17) is 0 Å². The highest BCUT2D eigenvalue weighted by Gasteiger charge is 2.15. The lowest BCUT2D eigenvalue weighted by Crippen LogP contribution is -2.11. The molecule has 152 valence electrons. The second-order valence-electron chi connectivity index (χ2n) is 6.98. The number of hydrogen-bond donors (Lipinski definition) is 1. The summed E-state index contributed by atoms with van der Waals surface area (Å²) in [5.41, 5.74) is 5.42. The molecule has 6 nitrogen and oxygen atoms in total. The molecule has 0 saturated carbocycles. The van der Waals surface area contributed by atoms with Gasteiger partial charge in [0.15, 0.2) is 5.16 Å². The highest BCUT2D eigenvalue weighted by Crippen LogP contribution is 2.27. The normalized spacial score (nSPS) is 10.9. The third-order valence-electron chi connectivity index (χ3n) is 4.51. The average Bonchev–Trinajstić information content (AvgIpc) is 3.37. The molecule has 8 heteroatoms. The molecule has 0 fully saturated rings. The molecule has 0 radical (unpaired) electrons. The highest BCUT2D eigenvalue weighted by molar-refractivity contribution is 7.98. The minimum absolute atomic E-state index is 0.246. The Bertz CT molecular complexity index is 1180. The van der Waals surface area contributed by atoms with Crippen LogP contribution in [0.5, 0.6) is 0 Å². The maximum atomic E-state index is 12.4. The molecule has 0 saturated heterocycles. The molecule has 30 heavy (non-hydrogen) atoms. The molecule has 0 spiro atoms. The minimum atomic E-state index is -0.246. The predicted octanol–water partition coefficient (Wildman–Crippen LogP) is 5.19. The zero-order chi connectivity index (χ0) is 21.1. The van der Waals surface area contributed by atoms with Crippen LogP contribution in [0.2, 0.25) is 0 Å². The maximum absolute atomic E-state index is 12.4. The zero-order valence-electron chi connectivity index (χ0n) is 16.9. The third-order valence-corrected chi connectivity index (χ3v) is 6.60. The summed E-state index contributed by atoms with van der Waals surface area (Å²) in [6.45, 7) is 6.19. The summed E-state index contributed by atoms with van der Waals surface area (Å²) in [4.78, 5) is 16.9. The van der Waals surface area contributed by atoms with Gasteiger partial charge in [-0.2, -0.15) is 0 Å². The number of nitrogens with zero attached hydrogens (tertiary/aromatic N) is 4. The third kappa shape index (κ3) is 4.60. The van der Waals surface area contributed by atoms with Crippen LogP contribution in [0.1, 0.15) is 31.5 Å². The minimum Gasteiger partial charge on any atom is -0.320 e. The van der Waals surface area contributed by atoms with Gasteiger partial charge < -0.3 is 5.32 Å². The molecule has 4 aromatic rings. The van der Waals surface area contributed by atoms with E-state index in [0.717, 1.165) is 27.1 Å². The lowest BCUT2D eigenvalue weighted by molar-refractivity contribution is 0.102. The van der Waals surface area contributed by atoms with E-state index >= 15 is 0 Å². The fourth-order valence-electron chi connectivity index (χ4n) is 3.01. The molecule has 0 bridgehead atoms. The van der Waals surface area contributed by atoms with E-state index in [1.54, 1.807) is 18.0 Å². The van der Waals surface area contributed by atoms with Crippen molar-refractivity contribution < 1.29 is 4.79 Å². The van der Waals surface area contributed by atoms with E-state index in [1.807, 2.05) is 37.4 Å². The Hall–Kier alpha value is -2.97. The van der Waals surface area contributed by atoms with Crippen LogP contribution in [0.3, 0.4) is 0 Å². The number of thioether (sulfide) groups is 1. The predicted molar refractivity (Wildman–Crippen MR) is 122 cm³/mol. The smallest absolute Gasteiger partial charge is 0.286 e. The number of aryl methyl sites for hydroxylation is 3. The first kappa shape index (κ1) is 20.3. The van der Waals surface area contributed by atoms with E-state index in [1.165, 1.54) is 22.5 Å². The first-order valence-corrected chi connectivity index (χ1v) is 11.2. The van der Waals surface area contributed by atoms with Crippen molar-refractivity contribution in [2.75, 3.05) is 5.32 Å². The largest absolute Gasteiger partial charge is 0.320 e. The number of nitrogens with one attached hydrogen (secondary N) is 1. The van der Waals surface area contributed by atoms with Crippen LogP contribution in [-0.2, 0) is 5.75 Å². The number of rotatable bonds is 6. The number of anilines is 1. The molecule has 0 unspecified atom stereocenters. The molecule has 2 aromatic carbocycles. The van der Waals surface area contributed by atoms with Crippen LogP contribution in [-0.4, -0.2) is 25.7 Å². The van der Waals surface area contributed by atoms with Crippen molar-refractivity contribution in [3.63, 3.8) is 0 Å². The Labute approximate surface area is 183 Å². The molecular formula is C22H21N5OS2. The number of imidazole rings is 1. The first-order chi connectivity index (χ1) is 14.5. The first-order valence-electron chi connectivity index (χ1n) is 9.44. The summed E-state index contributed by atoms with van der Waals surface area (Å²) >= 11 is 2.87. The Balaban J connectivity index is 1.42. The van der Waals surface area contributed by atoms with Gasteiger partial charge in [-0.15, -0.1) is 10.2 Å². The highest BCUT2D eigenvalue weighted by atomic mass is 32.2. The lowest BCUT2D eigenvalue weighted by atomic mass is 10.1. The van der Waals surface area contributed by atoms with Crippen molar-refractivity contribution in [1.29, 1.82) is 0 Å². The number of carbonyl (C=O) groups is 1. The van der Waals surface area contributed by atoms with Gasteiger partial charge in [-0.05, 0) is 44.5 Å². The molecule has 4 rings (SSSR count). The fourth-order valence-corrected chi connectivity index (χ4v) is 4.69. The van der Waals surface area contributed by atoms with Crippen LogP contribution in [0.4, 0.5) is 5.69 Å². The molecule has 1 amide bonds. The Morgan fingerprint density at radius 3 is 2.60 bits per heavy atom. The van der Waals surface area contributed by atoms with E-state index < -0.39 is 0 Å². The molecule has 0 aliphatic carbocycles. The van der Waals surface area contributed by atoms with Crippen LogP contribution < -0.4 is 5.32 Å². The van der Waals surface area contributed by atoms with Gasteiger partial charge in [0.25, 0.3) is 5.91 Å². The monoisotopic (exact) mass is 435 g/mol. The van der Waals surface area contributed by atoms with E-state index in [9.17, 15) is 4.79 Å². The number of carbonyl (C=O) groups excluding carboxylic acids is 1. The Kier molecular flexibility index (Phi) is 5.96. The van der Waals surface area contributed by atoms with Gasteiger partial charge >= 0.3 is 0 Å². The van der Waals surface area contributed by atoms with Crippen molar-refractivity contribution in [3.05, 3.63) is 81.6 Å². The molecular weight excluding hydrogens is 414 g/mol. The van der Waals surface area contributed by atoms with Gasteiger partial charge in [-0.25, -0.2) is 4.98 Å². The van der Waals surface area contributed by atoms with Crippen molar-refractivity contribution >= 4 is 34.7 Å². The number of amides is 1. The van der Waals surface area contributed by atoms with Crippen LogP contribution >= 0.6 is 23.1 Å². The average molecular weight is 436 g/mol. The number of aromatic nitrogens is 4. The Morgan fingerprint density at radius 2 is 1.83 bits per heavy atom. The SMILES string of the molecule is Cc1ccc(NC(=O)c2nnc(CSc3nccn3-c3ccc(C)cc3C)s2)cc1. The fraction of sp³-hybridized carbons (Fsp3) is 0.182. The quantitative estimate of drug-likeness (QED) is 0.422.